The van der Waals surface area contributed by atoms with Crippen molar-refractivity contribution in [2.45, 2.75) is 264 Å². The van der Waals surface area contributed by atoms with E-state index in [0.717, 1.165) is 44.9 Å². The van der Waals surface area contributed by atoms with E-state index in [1.54, 1.807) is 0 Å². The monoisotopic (exact) mass is 858 g/mol. The van der Waals surface area contributed by atoms with Crippen LogP contribution in [0.3, 0.4) is 0 Å². The summed E-state index contributed by atoms with van der Waals surface area (Å²) in [6.07, 6.45) is 49.7. The number of hydrogen-bond donors (Lipinski definition) is 2. The summed E-state index contributed by atoms with van der Waals surface area (Å²) in [7, 11) is -4.38. The molecule has 0 aromatic rings. The molecule has 0 aromatic heterocycles. The van der Waals surface area contributed by atoms with Crippen molar-refractivity contribution in [1.29, 1.82) is 0 Å². The van der Waals surface area contributed by atoms with Crippen LogP contribution in [0.2, 0.25) is 0 Å². The zero-order valence-corrected chi connectivity index (χ0v) is 39.7. The van der Waals surface area contributed by atoms with Crippen molar-refractivity contribution in [2.75, 3.05) is 26.4 Å². The van der Waals surface area contributed by atoms with Gasteiger partial charge in [-0.1, -0.05) is 219 Å². The summed E-state index contributed by atoms with van der Waals surface area (Å²) in [6.45, 7) is 3.76. The van der Waals surface area contributed by atoms with E-state index in [9.17, 15) is 19.0 Å². The Morgan fingerprint density at radius 1 is 0.492 bits per heavy atom. The standard InChI is InChI=1S/C49H96NO8P/c1-3-5-7-9-11-13-15-17-19-20-21-22-23-24-25-26-28-29-31-33-35-37-39-41-48(51)55-45-47(46-57-59(53,54)56-44-43-50)58-49(52)42-40-38-36-34-32-30-27-18-16-14-12-10-8-6-4-2/h30,32,47H,3-29,31,33-46,50H2,1-2H3,(H,53,54)/b32-30+/t47-/m0/s1. The molecular formula is C49H96NO8P. The fraction of sp³-hybridized carbons (Fsp3) is 0.918. The third kappa shape index (κ3) is 46.1. The molecule has 1 unspecified atom stereocenters. The first-order chi connectivity index (χ1) is 28.8. The van der Waals surface area contributed by atoms with Crippen LogP contribution < -0.4 is 5.73 Å². The minimum absolute atomic E-state index is 0.0541. The summed E-state index contributed by atoms with van der Waals surface area (Å²) in [5.74, 6) is -0.832. The molecule has 0 aliphatic heterocycles. The Labute approximate surface area is 364 Å². The highest BCUT2D eigenvalue weighted by Gasteiger charge is 2.26. The summed E-state index contributed by atoms with van der Waals surface area (Å²) in [4.78, 5) is 35.0. The molecule has 0 aliphatic rings. The summed E-state index contributed by atoms with van der Waals surface area (Å²) in [5.41, 5.74) is 5.36. The third-order valence-electron chi connectivity index (χ3n) is 11.2. The smallest absolute Gasteiger partial charge is 0.462 e. The van der Waals surface area contributed by atoms with Gasteiger partial charge in [-0.2, -0.15) is 0 Å². The number of phosphoric acid groups is 1. The van der Waals surface area contributed by atoms with Gasteiger partial charge in [0.1, 0.15) is 6.61 Å². The molecule has 0 heterocycles. The maximum atomic E-state index is 12.6. The average molecular weight is 858 g/mol. The molecule has 0 saturated heterocycles. The summed E-state index contributed by atoms with van der Waals surface area (Å²) in [5, 5.41) is 0. The predicted octanol–water partition coefficient (Wildman–Crippen LogP) is 15.0. The largest absolute Gasteiger partial charge is 0.472 e. The van der Waals surface area contributed by atoms with Crippen molar-refractivity contribution >= 4 is 19.8 Å². The first-order valence-corrected chi connectivity index (χ1v) is 26.7. The Hall–Kier alpha value is -1.25. The van der Waals surface area contributed by atoms with Crippen LogP contribution in [0.4, 0.5) is 0 Å². The van der Waals surface area contributed by atoms with Crippen LogP contribution in [-0.2, 0) is 32.7 Å². The van der Waals surface area contributed by atoms with Crippen LogP contribution in [0.1, 0.15) is 258 Å². The highest BCUT2D eigenvalue weighted by Crippen LogP contribution is 2.43. The van der Waals surface area contributed by atoms with E-state index in [2.05, 4.69) is 26.0 Å². The Balaban J connectivity index is 3.99. The zero-order valence-electron chi connectivity index (χ0n) is 38.8. The number of esters is 2. The van der Waals surface area contributed by atoms with E-state index in [1.807, 2.05) is 0 Å². The quantitative estimate of drug-likeness (QED) is 0.0265. The maximum Gasteiger partial charge on any atom is 0.472 e. The van der Waals surface area contributed by atoms with Gasteiger partial charge in [0.15, 0.2) is 6.10 Å². The van der Waals surface area contributed by atoms with Crippen molar-refractivity contribution in [1.82, 2.24) is 0 Å². The van der Waals surface area contributed by atoms with Gasteiger partial charge in [-0.05, 0) is 38.5 Å². The van der Waals surface area contributed by atoms with E-state index in [-0.39, 0.29) is 38.6 Å². The Morgan fingerprint density at radius 2 is 0.831 bits per heavy atom. The second-order valence-electron chi connectivity index (χ2n) is 17.0. The van der Waals surface area contributed by atoms with Gasteiger partial charge in [0.25, 0.3) is 0 Å². The molecule has 0 aromatic carbocycles. The van der Waals surface area contributed by atoms with Crippen LogP contribution >= 0.6 is 7.82 Å². The Bertz CT molecular complexity index is 980. The van der Waals surface area contributed by atoms with Gasteiger partial charge in [0.2, 0.25) is 0 Å². The molecule has 2 atom stereocenters. The molecule has 3 N–H and O–H groups in total. The van der Waals surface area contributed by atoms with E-state index in [0.29, 0.717) is 6.42 Å². The highest BCUT2D eigenvalue weighted by molar-refractivity contribution is 7.47. The number of ether oxygens (including phenoxy) is 2. The van der Waals surface area contributed by atoms with Gasteiger partial charge in [0, 0.05) is 19.4 Å². The van der Waals surface area contributed by atoms with E-state index >= 15 is 0 Å². The second kappa shape index (κ2) is 46.3. The first-order valence-electron chi connectivity index (χ1n) is 25.2. The number of carbonyl (C=O) groups is 2. The molecule has 10 heteroatoms. The molecular weight excluding hydrogens is 762 g/mol. The topological polar surface area (TPSA) is 134 Å². The molecule has 0 aliphatic carbocycles. The lowest BCUT2D eigenvalue weighted by Crippen LogP contribution is -2.29. The van der Waals surface area contributed by atoms with Crippen molar-refractivity contribution in [3.63, 3.8) is 0 Å². The molecule has 0 bridgehead atoms. The summed E-state index contributed by atoms with van der Waals surface area (Å²) < 4.78 is 32.9. The maximum absolute atomic E-state index is 12.6. The lowest BCUT2D eigenvalue weighted by atomic mass is 10.0. The number of nitrogens with two attached hydrogens (primary N) is 1. The Kier molecular flexibility index (Phi) is 45.3. The lowest BCUT2D eigenvalue weighted by molar-refractivity contribution is -0.161. The molecule has 59 heavy (non-hydrogen) atoms. The molecule has 0 spiro atoms. The summed E-state index contributed by atoms with van der Waals surface area (Å²) >= 11 is 0. The van der Waals surface area contributed by atoms with Crippen molar-refractivity contribution in [2.24, 2.45) is 5.73 Å². The van der Waals surface area contributed by atoms with Crippen LogP contribution in [0.25, 0.3) is 0 Å². The number of hydrogen-bond acceptors (Lipinski definition) is 8. The second-order valence-corrected chi connectivity index (χ2v) is 18.5. The van der Waals surface area contributed by atoms with Gasteiger partial charge in [-0.3, -0.25) is 18.6 Å². The number of unbranched alkanes of at least 4 members (excludes halogenated alkanes) is 33. The summed E-state index contributed by atoms with van der Waals surface area (Å²) in [6, 6.07) is 0. The minimum Gasteiger partial charge on any atom is -0.462 e. The van der Waals surface area contributed by atoms with Gasteiger partial charge >= 0.3 is 19.8 Å². The van der Waals surface area contributed by atoms with Crippen LogP contribution in [0, 0.1) is 0 Å². The zero-order chi connectivity index (χ0) is 43.2. The number of allylic oxidation sites excluding steroid dienone is 2. The van der Waals surface area contributed by atoms with Crippen molar-refractivity contribution in [3.8, 4) is 0 Å². The van der Waals surface area contributed by atoms with E-state index in [1.165, 1.54) is 180 Å². The minimum atomic E-state index is -4.38. The van der Waals surface area contributed by atoms with Gasteiger partial charge in [-0.15, -0.1) is 0 Å². The number of carbonyl (C=O) groups excluding carboxylic acids is 2. The fourth-order valence-corrected chi connectivity index (χ4v) is 8.16. The van der Waals surface area contributed by atoms with E-state index in [4.69, 9.17) is 24.3 Å². The van der Waals surface area contributed by atoms with Crippen molar-refractivity contribution < 1.29 is 37.6 Å². The first kappa shape index (κ1) is 57.8. The van der Waals surface area contributed by atoms with E-state index < -0.39 is 26.5 Å². The molecule has 9 nitrogen and oxygen atoms in total. The van der Waals surface area contributed by atoms with Crippen LogP contribution in [-0.4, -0.2) is 49.3 Å². The molecule has 0 saturated carbocycles. The SMILES string of the molecule is CCCCCCCCCC/C=C/CCCCCC(=O)O[C@@H](COC(=O)CCCCCCCCCCCCCCCCCCCCCCCCC)COP(=O)(O)OCCN. The Morgan fingerprint density at radius 3 is 1.22 bits per heavy atom. The van der Waals surface area contributed by atoms with Gasteiger partial charge in [-0.25, -0.2) is 4.57 Å². The van der Waals surface area contributed by atoms with Crippen LogP contribution in [0.5, 0.6) is 0 Å². The third-order valence-corrected chi connectivity index (χ3v) is 12.1. The highest BCUT2D eigenvalue weighted by atomic mass is 31.2. The number of rotatable bonds is 48. The predicted molar refractivity (Wildman–Crippen MR) is 248 cm³/mol. The van der Waals surface area contributed by atoms with Gasteiger partial charge in [0.05, 0.1) is 13.2 Å². The van der Waals surface area contributed by atoms with Crippen LogP contribution in [0.15, 0.2) is 12.2 Å². The fourth-order valence-electron chi connectivity index (χ4n) is 7.40. The molecule has 0 fully saturated rings. The van der Waals surface area contributed by atoms with Gasteiger partial charge < -0.3 is 20.1 Å². The molecule has 350 valence electrons. The average Bonchev–Trinajstić information content (AvgIpc) is 3.22. The normalized spacial score (nSPS) is 13.2. The molecule has 0 amide bonds. The molecule has 0 rings (SSSR count). The number of phosphoric ester groups is 1. The lowest BCUT2D eigenvalue weighted by Gasteiger charge is -2.19. The molecule has 0 radical (unpaired) electrons. The van der Waals surface area contributed by atoms with Crippen molar-refractivity contribution in [3.05, 3.63) is 12.2 Å².